The largest absolute Gasteiger partial charge is 0.486 e. The predicted octanol–water partition coefficient (Wildman–Crippen LogP) is 4.39. The van der Waals surface area contributed by atoms with E-state index in [2.05, 4.69) is 77.1 Å². The minimum Gasteiger partial charge on any atom is -0.400 e. The van der Waals surface area contributed by atoms with Crippen LogP contribution in [0.4, 0.5) is 0 Å². The molecule has 1 heterocycles. The molecule has 3 rings (SSSR count). The monoisotopic (exact) mass is 386 g/mol. The molecule has 3 nitrogen and oxygen atoms in total. The lowest BCUT2D eigenvalue weighted by molar-refractivity contribution is 0.00578. The second kappa shape index (κ2) is 7.18. The van der Waals surface area contributed by atoms with Gasteiger partial charge in [-0.3, -0.25) is 0 Å². The second-order valence-corrected chi connectivity index (χ2v) is 14.2. The molecule has 1 saturated heterocycles. The molecule has 0 amide bonds. The molecular weight excluding hydrogens is 351 g/mol. The van der Waals surface area contributed by atoms with E-state index in [1.54, 1.807) is 0 Å². The molecule has 0 spiro atoms. The van der Waals surface area contributed by atoms with Crippen LogP contribution in [0.25, 0.3) is 0 Å². The van der Waals surface area contributed by atoms with Gasteiger partial charge in [0.2, 0.25) is 0 Å². The molecule has 0 radical (unpaired) electrons. The molecule has 27 heavy (non-hydrogen) atoms. The fourth-order valence-electron chi connectivity index (χ4n) is 4.45. The number of benzene rings is 1. The summed E-state index contributed by atoms with van der Waals surface area (Å²) in [4.78, 5) is 0. The Hall–Kier alpha value is -0.878. The van der Waals surface area contributed by atoms with Crippen molar-refractivity contribution in [3.05, 3.63) is 41.5 Å². The average Bonchev–Trinajstić information content (AvgIpc) is 2.81. The number of aliphatic hydroxyl groups is 1. The van der Waals surface area contributed by atoms with Gasteiger partial charge in [-0.05, 0) is 40.5 Å². The first-order chi connectivity index (χ1) is 12.5. The molecule has 0 atom stereocenters. The van der Waals surface area contributed by atoms with E-state index in [0.717, 1.165) is 25.7 Å². The highest BCUT2D eigenvalue weighted by Gasteiger charge is 2.52. The summed E-state index contributed by atoms with van der Waals surface area (Å²) in [5.41, 5.74) is -1.48. The fourth-order valence-corrected chi connectivity index (χ4v) is 7.76. The lowest BCUT2D eigenvalue weighted by Crippen LogP contribution is -2.53. The molecule has 1 saturated carbocycles. The Morgan fingerprint density at radius 3 is 2.00 bits per heavy atom. The van der Waals surface area contributed by atoms with Crippen LogP contribution in [0.3, 0.4) is 0 Å². The molecule has 5 heteroatoms. The Morgan fingerprint density at radius 2 is 1.48 bits per heavy atom. The van der Waals surface area contributed by atoms with Crippen molar-refractivity contribution in [2.45, 2.75) is 89.7 Å². The highest BCUT2D eigenvalue weighted by atomic mass is 28.3. The van der Waals surface area contributed by atoms with E-state index in [9.17, 15) is 5.11 Å². The molecule has 0 aromatic heterocycles. The van der Waals surface area contributed by atoms with E-state index in [1.165, 1.54) is 16.8 Å². The van der Waals surface area contributed by atoms with Crippen molar-refractivity contribution in [1.29, 1.82) is 0 Å². The topological polar surface area (TPSA) is 38.7 Å². The maximum Gasteiger partial charge on any atom is 0.486 e. The molecule has 0 unspecified atom stereocenters. The molecule has 1 aliphatic carbocycles. The molecule has 1 aliphatic heterocycles. The smallest absolute Gasteiger partial charge is 0.400 e. The third kappa shape index (κ3) is 3.98. The highest BCUT2D eigenvalue weighted by molar-refractivity contribution is 6.96. The first kappa shape index (κ1) is 20.8. The zero-order valence-corrected chi connectivity index (χ0v) is 18.8. The maximum atomic E-state index is 11.7. The lowest BCUT2D eigenvalue weighted by Gasteiger charge is -2.42. The van der Waals surface area contributed by atoms with Gasteiger partial charge >= 0.3 is 7.12 Å². The van der Waals surface area contributed by atoms with Crippen molar-refractivity contribution < 1.29 is 14.4 Å². The van der Waals surface area contributed by atoms with E-state index in [-0.39, 0.29) is 11.2 Å². The number of hydrogen-bond donors (Lipinski definition) is 1. The van der Waals surface area contributed by atoms with Crippen LogP contribution in [-0.4, -0.2) is 37.1 Å². The van der Waals surface area contributed by atoms with Crippen molar-refractivity contribution in [2.24, 2.45) is 0 Å². The average molecular weight is 386 g/mol. The Morgan fingerprint density at radius 1 is 0.963 bits per heavy atom. The zero-order valence-electron chi connectivity index (χ0n) is 17.8. The molecular formula is C22H35BO3Si. The lowest BCUT2D eigenvalue weighted by atomic mass is 9.80. The second-order valence-electron chi connectivity index (χ2n) is 9.79. The quantitative estimate of drug-likeness (QED) is 0.780. The van der Waals surface area contributed by atoms with Crippen LogP contribution in [0.5, 0.6) is 0 Å². The Bertz CT molecular complexity index is 675. The maximum absolute atomic E-state index is 11.7. The van der Waals surface area contributed by atoms with Gasteiger partial charge in [-0.2, -0.15) is 0 Å². The minimum atomic E-state index is -2.08. The highest BCUT2D eigenvalue weighted by Crippen LogP contribution is 2.41. The Kier molecular flexibility index (Phi) is 5.54. The van der Waals surface area contributed by atoms with Crippen LogP contribution in [0.2, 0.25) is 13.1 Å². The summed E-state index contributed by atoms with van der Waals surface area (Å²) in [7, 11) is -2.49. The standard InChI is InChI=1S/C22H35BO3Si/c1-20(2)21(3,4)26-23(25-20)17-19(22(24)15-11-8-12-16-22)27(5,6)18-13-9-7-10-14-18/h7,9-10,13-14,17,24H,8,11-12,15-16H2,1-6H3/b19-17+. The summed E-state index contributed by atoms with van der Waals surface area (Å²) in [6.07, 6.45) is 5.04. The normalized spacial score (nSPS) is 24.9. The predicted molar refractivity (Wildman–Crippen MR) is 116 cm³/mol. The Balaban J connectivity index is 2.04. The first-order valence-electron chi connectivity index (χ1n) is 10.3. The SMILES string of the molecule is CC1(C)OB(/C=C(\C2(O)CCCCC2)[Si](C)(C)c2ccccc2)OC1(C)C. The van der Waals surface area contributed by atoms with Gasteiger partial charge in [-0.1, -0.05) is 79.0 Å². The molecule has 1 aromatic carbocycles. The van der Waals surface area contributed by atoms with Gasteiger partial charge in [-0.25, -0.2) is 0 Å². The summed E-state index contributed by atoms with van der Waals surface area (Å²) >= 11 is 0. The van der Waals surface area contributed by atoms with Crippen LogP contribution >= 0.6 is 0 Å². The van der Waals surface area contributed by atoms with Crippen LogP contribution < -0.4 is 5.19 Å². The minimum absolute atomic E-state index is 0.368. The summed E-state index contributed by atoms with van der Waals surface area (Å²) in [5, 5.41) is 14.2. The van der Waals surface area contributed by atoms with Gasteiger partial charge in [-0.15, -0.1) is 0 Å². The van der Waals surface area contributed by atoms with Crippen LogP contribution in [0, 0.1) is 0 Å². The summed E-state index contributed by atoms with van der Waals surface area (Å²) in [6.45, 7) is 13.0. The molecule has 148 valence electrons. The molecule has 1 aromatic rings. The molecule has 2 fully saturated rings. The zero-order chi connectivity index (χ0) is 19.9. The van der Waals surface area contributed by atoms with Crippen molar-refractivity contribution in [3.63, 3.8) is 0 Å². The van der Waals surface area contributed by atoms with E-state index >= 15 is 0 Å². The van der Waals surface area contributed by atoms with E-state index in [4.69, 9.17) is 9.31 Å². The number of rotatable bonds is 4. The van der Waals surface area contributed by atoms with Gasteiger partial charge in [0.15, 0.2) is 0 Å². The van der Waals surface area contributed by atoms with Gasteiger partial charge in [0, 0.05) is 0 Å². The van der Waals surface area contributed by atoms with Crippen LogP contribution in [-0.2, 0) is 9.31 Å². The van der Waals surface area contributed by atoms with Gasteiger partial charge in [0.05, 0.1) is 16.8 Å². The third-order valence-electron chi connectivity index (χ3n) is 6.93. The van der Waals surface area contributed by atoms with Crippen molar-refractivity contribution in [1.82, 2.24) is 0 Å². The third-order valence-corrected chi connectivity index (χ3v) is 10.7. The molecule has 0 bridgehead atoms. The van der Waals surface area contributed by atoms with Crippen LogP contribution in [0.15, 0.2) is 41.5 Å². The van der Waals surface area contributed by atoms with E-state index in [1.807, 2.05) is 0 Å². The van der Waals surface area contributed by atoms with E-state index < -0.39 is 20.8 Å². The van der Waals surface area contributed by atoms with Crippen LogP contribution in [0.1, 0.15) is 59.8 Å². The molecule has 1 N–H and O–H groups in total. The van der Waals surface area contributed by atoms with Crippen molar-refractivity contribution >= 4 is 20.4 Å². The van der Waals surface area contributed by atoms with Crippen molar-refractivity contribution in [2.75, 3.05) is 0 Å². The van der Waals surface area contributed by atoms with E-state index in [0.29, 0.717) is 0 Å². The Labute approximate surface area is 166 Å². The fraction of sp³-hybridized carbons (Fsp3) is 0.636. The summed E-state index contributed by atoms with van der Waals surface area (Å²) < 4.78 is 12.5. The van der Waals surface area contributed by atoms with Gasteiger partial charge in [0.1, 0.15) is 8.07 Å². The first-order valence-corrected chi connectivity index (χ1v) is 13.3. The van der Waals surface area contributed by atoms with Gasteiger partial charge < -0.3 is 14.4 Å². The summed E-state index contributed by atoms with van der Waals surface area (Å²) in [5.74, 6) is 2.13. The van der Waals surface area contributed by atoms with Crippen molar-refractivity contribution in [3.8, 4) is 0 Å². The summed E-state index contributed by atoms with van der Waals surface area (Å²) in [6, 6.07) is 10.7. The number of hydrogen-bond acceptors (Lipinski definition) is 3. The molecule has 2 aliphatic rings. The van der Waals surface area contributed by atoms with Gasteiger partial charge in [0.25, 0.3) is 0 Å².